The zero-order chi connectivity index (χ0) is 13.0. The highest BCUT2D eigenvalue weighted by Gasteiger charge is 2.20. The van der Waals surface area contributed by atoms with Crippen LogP contribution in [0.25, 0.3) is 0 Å². The normalized spacial score (nSPS) is 15.4. The van der Waals surface area contributed by atoms with Crippen LogP contribution in [-0.2, 0) is 4.79 Å². The Kier molecular flexibility index (Phi) is 4.09. The number of benzene rings is 1. The first-order valence-electron chi connectivity index (χ1n) is 5.74. The number of carbonyl (C=O) groups excluding carboxylic acids is 2. The molecular formula is C12H15N3O2S. The third-order valence-electron chi connectivity index (χ3n) is 2.90. The molecule has 0 aliphatic carbocycles. The summed E-state index contributed by atoms with van der Waals surface area (Å²) in [6.07, 6.45) is 0.818. The second-order valence-electron chi connectivity index (χ2n) is 4.08. The molecule has 0 atom stereocenters. The molecule has 96 valence electrons. The van der Waals surface area contributed by atoms with Gasteiger partial charge in [-0.05, 0) is 12.1 Å². The quantitative estimate of drug-likeness (QED) is 0.625. The minimum atomic E-state index is -0.151. The summed E-state index contributed by atoms with van der Waals surface area (Å²) >= 11 is 4.28. The van der Waals surface area contributed by atoms with Crippen molar-refractivity contribution in [3.63, 3.8) is 0 Å². The third kappa shape index (κ3) is 2.95. The zero-order valence-electron chi connectivity index (χ0n) is 9.87. The highest BCUT2D eigenvalue weighted by atomic mass is 32.1. The molecule has 3 amide bonds. The van der Waals surface area contributed by atoms with Crippen molar-refractivity contribution in [3.05, 3.63) is 24.3 Å². The van der Waals surface area contributed by atoms with Crippen molar-refractivity contribution in [2.75, 3.05) is 31.5 Å². The van der Waals surface area contributed by atoms with Crippen LogP contribution in [0.15, 0.2) is 29.2 Å². The number of carbonyl (C=O) groups is 2. The maximum absolute atomic E-state index is 12.0. The fraction of sp³-hybridized carbons (Fsp3) is 0.333. The Balaban J connectivity index is 1.93. The number of para-hydroxylation sites is 1. The number of anilines is 1. The molecule has 1 N–H and O–H groups in total. The topological polar surface area (TPSA) is 52.7 Å². The molecule has 1 heterocycles. The predicted octanol–water partition coefficient (Wildman–Crippen LogP) is 1.28. The Labute approximate surface area is 111 Å². The Hall–Kier alpha value is -1.69. The van der Waals surface area contributed by atoms with Gasteiger partial charge in [0.05, 0.1) is 5.69 Å². The van der Waals surface area contributed by atoms with Gasteiger partial charge in [-0.25, -0.2) is 4.79 Å². The summed E-state index contributed by atoms with van der Waals surface area (Å²) in [7, 11) is 0. The fourth-order valence-corrected chi connectivity index (χ4v) is 2.02. The van der Waals surface area contributed by atoms with Crippen LogP contribution in [0.1, 0.15) is 0 Å². The van der Waals surface area contributed by atoms with Crippen molar-refractivity contribution < 1.29 is 9.59 Å². The first kappa shape index (κ1) is 12.8. The van der Waals surface area contributed by atoms with Gasteiger partial charge in [0.2, 0.25) is 6.41 Å². The van der Waals surface area contributed by atoms with Gasteiger partial charge in [0.1, 0.15) is 0 Å². The molecule has 5 nitrogen and oxygen atoms in total. The monoisotopic (exact) mass is 265 g/mol. The molecule has 6 heteroatoms. The number of nitrogens with one attached hydrogen (secondary N) is 1. The predicted molar refractivity (Wildman–Crippen MR) is 71.9 cm³/mol. The van der Waals surface area contributed by atoms with Crippen molar-refractivity contribution in [2.24, 2.45) is 0 Å². The molecule has 0 spiro atoms. The van der Waals surface area contributed by atoms with E-state index in [0.717, 1.165) is 11.3 Å². The molecule has 1 aliphatic heterocycles. The van der Waals surface area contributed by atoms with Crippen LogP contribution < -0.4 is 5.32 Å². The largest absolute Gasteiger partial charge is 0.342 e. The minimum absolute atomic E-state index is 0.151. The van der Waals surface area contributed by atoms with Crippen molar-refractivity contribution in [3.8, 4) is 0 Å². The lowest BCUT2D eigenvalue weighted by molar-refractivity contribution is -0.119. The first-order valence-corrected chi connectivity index (χ1v) is 6.18. The Bertz CT molecular complexity index is 445. The number of thiol groups is 1. The van der Waals surface area contributed by atoms with Gasteiger partial charge in [0.25, 0.3) is 0 Å². The lowest BCUT2D eigenvalue weighted by Gasteiger charge is -2.32. The summed E-state index contributed by atoms with van der Waals surface area (Å²) in [4.78, 5) is 26.6. The van der Waals surface area contributed by atoms with Crippen LogP contribution in [0.2, 0.25) is 0 Å². The van der Waals surface area contributed by atoms with E-state index in [4.69, 9.17) is 0 Å². The Morgan fingerprint density at radius 1 is 1.22 bits per heavy atom. The fourth-order valence-electron chi connectivity index (χ4n) is 1.80. The molecule has 1 fully saturated rings. The van der Waals surface area contributed by atoms with Gasteiger partial charge in [-0.2, -0.15) is 0 Å². The van der Waals surface area contributed by atoms with E-state index >= 15 is 0 Å². The number of urea groups is 1. The second kappa shape index (κ2) is 5.77. The number of piperazine rings is 1. The van der Waals surface area contributed by atoms with Gasteiger partial charge in [0, 0.05) is 31.1 Å². The summed E-state index contributed by atoms with van der Waals surface area (Å²) in [5.74, 6) is 0. The van der Waals surface area contributed by atoms with Crippen LogP contribution in [0.5, 0.6) is 0 Å². The number of amides is 3. The maximum atomic E-state index is 12.0. The Morgan fingerprint density at radius 2 is 1.89 bits per heavy atom. The molecule has 0 radical (unpaired) electrons. The van der Waals surface area contributed by atoms with E-state index in [1.807, 2.05) is 24.3 Å². The van der Waals surface area contributed by atoms with E-state index in [9.17, 15) is 9.59 Å². The van der Waals surface area contributed by atoms with Crippen LogP contribution in [0, 0.1) is 0 Å². The van der Waals surface area contributed by atoms with E-state index < -0.39 is 0 Å². The molecule has 2 rings (SSSR count). The van der Waals surface area contributed by atoms with E-state index in [2.05, 4.69) is 17.9 Å². The van der Waals surface area contributed by atoms with Crippen molar-refractivity contribution in [1.29, 1.82) is 0 Å². The summed E-state index contributed by atoms with van der Waals surface area (Å²) in [5, 5.41) is 2.82. The van der Waals surface area contributed by atoms with Crippen molar-refractivity contribution in [1.82, 2.24) is 9.80 Å². The van der Waals surface area contributed by atoms with Crippen molar-refractivity contribution >= 4 is 30.8 Å². The average molecular weight is 265 g/mol. The number of rotatable bonds is 2. The van der Waals surface area contributed by atoms with Gasteiger partial charge >= 0.3 is 6.03 Å². The smallest absolute Gasteiger partial charge is 0.321 e. The first-order chi connectivity index (χ1) is 8.70. The molecule has 0 aromatic heterocycles. The van der Waals surface area contributed by atoms with E-state index in [1.54, 1.807) is 9.80 Å². The molecule has 0 unspecified atom stereocenters. The van der Waals surface area contributed by atoms with Gasteiger partial charge < -0.3 is 15.1 Å². The number of hydrogen-bond donors (Lipinski definition) is 2. The van der Waals surface area contributed by atoms with Gasteiger partial charge in [-0.3, -0.25) is 4.79 Å². The highest BCUT2D eigenvalue weighted by Crippen LogP contribution is 2.19. The van der Waals surface area contributed by atoms with Crippen LogP contribution in [0.3, 0.4) is 0 Å². The summed E-state index contributed by atoms with van der Waals surface area (Å²) in [5.41, 5.74) is 0.698. The van der Waals surface area contributed by atoms with Gasteiger partial charge in [-0.1, -0.05) is 12.1 Å². The summed E-state index contributed by atoms with van der Waals surface area (Å²) in [6.45, 7) is 2.28. The van der Waals surface area contributed by atoms with E-state index in [1.165, 1.54) is 0 Å². The third-order valence-corrected chi connectivity index (χ3v) is 3.29. The van der Waals surface area contributed by atoms with E-state index in [-0.39, 0.29) is 6.03 Å². The molecule has 1 saturated heterocycles. The van der Waals surface area contributed by atoms with Gasteiger partial charge in [0.15, 0.2) is 0 Å². The SMILES string of the molecule is O=CN1CCN(C(=O)Nc2ccccc2S)CC1. The Morgan fingerprint density at radius 3 is 2.50 bits per heavy atom. The summed E-state index contributed by atoms with van der Waals surface area (Å²) in [6, 6.07) is 7.19. The average Bonchev–Trinajstić information content (AvgIpc) is 2.41. The molecule has 1 aromatic carbocycles. The molecular weight excluding hydrogens is 250 g/mol. The lowest BCUT2D eigenvalue weighted by Crippen LogP contribution is -2.49. The van der Waals surface area contributed by atoms with Crippen molar-refractivity contribution in [2.45, 2.75) is 4.90 Å². The molecule has 1 aromatic rings. The summed E-state index contributed by atoms with van der Waals surface area (Å²) < 4.78 is 0. The number of nitrogens with zero attached hydrogens (tertiary/aromatic N) is 2. The van der Waals surface area contributed by atoms with Crippen LogP contribution in [0.4, 0.5) is 10.5 Å². The van der Waals surface area contributed by atoms with E-state index in [0.29, 0.717) is 31.9 Å². The molecule has 18 heavy (non-hydrogen) atoms. The van der Waals surface area contributed by atoms with Gasteiger partial charge in [-0.15, -0.1) is 12.6 Å². The zero-order valence-corrected chi connectivity index (χ0v) is 10.8. The van der Waals surface area contributed by atoms with Crippen LogP contribution in [-0.4, -0.2) is 48.4 Å². The second-order valence-corrected chi connectivity index (χ2v) is 4.56. The number of hydrogen-bond acceptors (Lipinski definition) is 3. The highest BCUT2D eigenvalue weighted by molar-refractivity contribution is 7.80. The lowest BCUT2D eigenvalue weighted by atomic mass is 10.3. The van der Waals surface area contributed by atoms with Crippen LogP contribution >= 0.6 is 12.6 Å². The minimum Gasteiger partial charge on any atom is -0.342 e. The molecule has 1 aliphatic rings. The standard InChI is InChI=1S/C12H15N3O2S/c16-9-14-5-7-15(8-6-14)12(17)13-10-3-1-2-4-11(10)18/h1-4,9,18H,5-8H2,(H,13,17). The molecule has 0 bridgehead atoms. The maximum Gasteiger partial charge on any atom is 0.321 e. The molecule has 0 saturated carbocycles.